The number of nitrogens with two attached hydrogens (primary N) is 1. The molecule has 0 bridgehead atoms. The molecule has 0 unspecified atom stereocenters. The van der Waals surface area contributed by atoms with Crippen LogP contribution >= 0.6 is 11.6 Å². The third-order valence-electron chi connectivity index (χ3n) is 4.60. The number of hydrogen-bond acceptors (Lipinski definition) is 4. The molecule has 2 aromatic rings. The minimum Gasteiger partial charge on any atom is -0.399 e. The highest BCUT2D eigenvalue weighted by molar-refractivity contribution is 6.33. The molecule has 0 atom stereocenters. The topological polar surface area (TPSA) is 69.6 Å². The first-order valence-corrected chi connectivity index (χ1v) is 7.92. The molecule has 5 nitrogen and oxygen atoms in total. The van der Waals surface area contributed by atoms with Gasteiger partial charge >= 0.3 is 0 Å². The van der Waals surface area contributed by atoms with E-state index in [0.29, 0.717) is 16.6 Å². The van der Waals surface area contributed by atoms with Crippen LogP contribution in [-0.2, 0) is 6.54 Å². The predicted octanol–water partition coefficient (Wildman–Crippen LogP) is 3.01. The largest absolute Gasteiger partial charge is 0.399 e. The Kier molecular flexibility index (Phi) is 3.10. The Morgan fingerprint density at radius 1 is 1.24 bits per heavy atom. The number of aromatic nitrogens is 4. The van der Waals surface area contributed by atoms with E-state index in [-0.39, 0.29) is 0 Å². The number of nitrogens with zero attached hydrogens (tertiary/aromatic N) is 4. The summed E-state index contributed by atoms with van der Waals surface area (Å²) in [6.07, 6.45) is 5.44. The van der Waals surface area contributed by atoms with E-state index < -0.39 is 0 Å². The lowest BCUT2D eigenvalue weighted by Gasteiger charge is -2.16. The van der Waals surface area contributed by atoms with Crippen LogP contribution in [-0.4, -0.2) is 20.2 Å². The molecule has 2 N–H and O–H groups in total. The molecule has 1 aromatic carbocycles. The van der Waals surface area contributed by atoms with Gasteiger partial charge in [-0.05, 0) is 72.1 Å². The Bertz CT molecular complexity index is 648. The second-order valence-electron chi connectivity index (χ2n) is 6.26. The zero-order valence-corrected chi connectivity index (χ0v) is 12.5. The fourth-order valence-electron chi connectivity index (χ4n) is 3.17. The summed E-state index contributed by atoms with van der Waals surface area (Å²) in [7, 11) is 0. The van der Waals surface area contributed by atoms with Crippen LogP contribution in [0.25, 0.3) is 11.4 Å². The first-order valence-electron chi connectivity index (χ1n) is 7.54. The van der Waals surface area contributed by atoms with Crippen LogP contribution < -0.4 is 5.73 Å². The molecule has 0 saturated heterocycles. The molecule has 2 aliphatic rings. The van der Waals surface area contributed by atoms with Gasteiger partial charge < -0.3 is 5.73 Å². The maximum Gasteiger partial charge on any atom is 0.183 e. The van der Waals surface area contributed by atoms with Crippen molar-refractivity contribution in [2.45, 2.75) is 32.2 Å². The van der Waals surface area contributed by atoms with Crippen LogP contribution in [0.1, 0.15) is 25.7 Å². The number of halogens is 1. The minimum absolute atomic E-state index is 0.634. The van der Waals surface area contributed by atoms with Gasteiger partial charge in [0.2, 0.25) is 0 Å². The van der Waals surface area contributed by atoms with Crippen molar-refractivity contribution in [1.29, 1.82) is 0 Å². The molecule has 0 aliphatic heterocycles. The van der Waals surface area contributed by atoms with E-state index in [2.05, 4.69) is 15.5 Å². The number of benzene rings is 1. The fraction of sp³-hybridized carbons (Fsp3) is 0.533. The van der Waals surface area contributed by atoms with E-state index in [1.807, 2.05) is 10.7 Å². The summed E-state index contributed by atoms with van der Waals surface area (Å²) in [5.74, 6) is 3.17. The Morgan fingerprint density at radius 3 is 2.62 bits per heavy atom. The lowest BCUT2D eigenvalue weighted by atomic mass is 9.98. The van der Waals surface area contributed by atoms with Crippen LogP contribution in [0.4, 0.5) is 5.69 Å². The smallest absolute Gasteiger partial charge is 0.183 e. The molecule has 0 radical (unpaired) electrons. The summed E-state index contributed by atoms with van der Waals surface area (Å²) in [6.45, 7) is 0.892. The maximum absolute atomic E-state index is 6.28. The van der Waals surface area contributed by atoms with Crippen molar-refractivity contribution in [2.75, 3.05) is 5.73 Å². The Hall–Kier alpha value is -1.62. The van der Waals surface area contributed by atoms with Gasteiger partial charge in [0.05, 0.1) is 5.02 Å². The van der Waals surface area contributed by atoms with Crippen LogP contribution in [0.15, 0.2) is 18.2 Å². The highest BCUT2D eigenvalue weighted by atomic mass is 35.5. The molecule has 6 heteroatoms. The van der Waals surface area contributed by atoms with E-state index in [1.165, 1.54) is 25.7 Å². The van der Waals surface area contributed by atoms with E-state index in [4.69, 9.17) is 17.3 Å². The monoisotopic (exact) mass is 303 g/mol. The second kappa shape index (κ2) is 4.98. The SMILES string of the molecule is Nc1ccc(Cl)c(-c2nnnn2CC(C2CC2)C2CC2)c1. The number of tetrazole rings is 1. The van der Waals surface area contributed by atoms with Gasteiger partial charge in [0.25, 0.3) is 0 Å². The zero-order chi connectivity index (χ0) is 14.4. The number of anilines is 1. The molecule has 4 rings (SSSR count). The highest BCUT2D eigenvalue weighted by Crippen LogP contribution is 2.50. The fourth-order valence-corrected chi connectivity index (χ4v) is 3.37. The molecule has 2 aliphatic carbocycles. The Labute approximate surface area is 128 Å². The van der Waals surface area contributed by atoms with Crippen molar-refractivity contribution in [2.24, 2.45) is 17.8 Å². The average molecular weight is 304 g/mol. The number of rotatable bonds is 5. The Balaban J connectivity index is 1.65. The van der Waals surface area contributed by atoms with E-state index in [9.17, 15) is 0 Å². The standard InChI is InChI=1S/C15H18ClN5/c16-14-6-5-11(17)7-12(14)15-18-19-20-21(15)8-13(9-1-2-9)10-3-4-10/h5-7,9-10,13H,1-4,8,17H2. The molecular weight excluding hydrogens is 286 g/mol. The van der Waals surface area contributed by atoms with Crippen LogP contribution in [0.2, 0.25) is 5.02 Å². The van der Waals surface area contributed by atoms with Crippen LogP contribution in [0, 0.1) is 17.8 Å². The molecule has 0 amide bonds. The van der Waals surface area contributed by atoms with Crippen molar-refractivity contribution in [3.8, 4) is 11.4 Å². The first-order chi connectivity index (χ1) is 10.2. The second-order valence-corrected chi connectivity index (χ2v) is 6.67. The van der Waals surface area contributed by atoms with Gasteiger partial charge in [0.1, 0.15) is 0 Å². The van der Waals surface area contributed by atoms with Crippen LogP contribution in [0.5, 0.6) is 0 Å². The Morgan fingerprint density at radius 2 is 1.95 bits per heavy atom. The summed E-state index contributed by atoms with van der Waals surface area (Å²) in [4.78, 5) is 0. The van der Waals surface area contributed by atoms with Crippen molar-refractivity contribution in [3.63, 3.8) is 0 Å². The molecule has 2 saturated carbocycles. The van der Waals surface area contributed by atoms with Crippen molar-refractivity contribution in [3.05, 3.63) is 23.2 Å². The van der Waals surface area contributed by atoms with E-state index >= 15 is 0 Å². The molecule has 0 spiro atoms. The lowest BCUT2D eigenvalue weighted by Crippen LogP contribution is -2.17. The number of nitrogen functional groups attached to an aromatic ring is 1. The van der Waals surface area contributed by atoms with Gasteiger partial charge in [-0.2, -0.15) is 0 Å². The maximum atomic E-state index is 6.28. The van der Waals surface area contributed by atoms with Gasteiger partial charge in [-0.3, -0.25) is 0 Å². The van der Waals surface area contributed by atoms with Crippen molar-refractivity contribution >= 4 is 17.3 Å². The third-order valence-corrected chi connectivity index (χ3v) is 4.93. The molecule has 1 heterocycles. The molecule has 21 heavy (non-hydrogen) atoms. The zero-order valence-electron chi connectivity index (χ0n) is 11.7. The van der Waals surface area contributed by atoms with Crippen molar-refractivity contribution in [1.82, 2.24) is 20.2 Å². The molecule has 110 valence electrons. The number of hydrogen-bond donors (Lipinski definition) is 1. The van der Waals surface area contributed by atoms with Gasteiger partial charge in [-0.1, -0.05) is 11.6 Å². The van der Waals surface area contributed by atoms with Gasteiger partial charge in [-0.15, -0.1) is 5.10 Å². The van der Waals surface area contributed by atoms with Gasteiger partial charge in [0, 0.05) is 17.8 Å². The summed E-state index contributed by atoms with van der Waals surface area (Å²) in [5, 5.41) is 12.8. The van der Waals surface area contributed by atoms with Gasteiger partial charge in [0.15, 0.2) is 5.82 Å². The van der Waals surface area contributed by atoms with Crippen molar-refractivity contribution < 1.29 is 0 Å². The molecule has 1 aromatic heterocycles. The van der Waals surface area contributed by atoms with E-state index in [1.54, 1.807) is 12.1 Å². The molecular formula is C15H18ClN5. The quantitative estimate of drug-likeness (QED) is 0.862. The normalized spacial score (nSPS) is 18.4. The summed E-state index contributed by atoms with van der Waals surface area (Å²) in [5.41, 5.74) is 7.35. The van der Waals surface area contributed by atoms with E-state index in [0.717, 1.165) is 29.8 Å². The first kappa shape index (κ1) is 13.1. The van der Waals surface area contributed by atoms with Gasteiger partial charge in [-0.25, -0.2) is 4.68 Å². The predicted molar refractivity (Wildman–Crippen MR) is 81.6 cm³/mol. The third kappa shape index (κ3) is 2.62. The molecule has 2 fully saturated rings. The minimum atomic E-state index is 0.634. The van der Waals surface area contributed by atoms with Crippen LogP contribution in [0.3, 0.4) is 0 Å². The summed E-state index contributed by atoms with van der Waals surface area (Å²) in [6, 6.07) is 5.43. The summed E-state index contributed by atoms with van der Waals surface area (Å²) >= 11 is 6.28. The summed E-state index contributed by atoms with van der Waals surface area (Å²) < 4.78 is 1.90. The average Bonchev–Trinajstić information content (AvgIpc) is 3.39. The highest BCUT2D eigenvalue weighted by Gasteiger charge is 2.42. The lowest BCUT2D eigenvalue weighted by molar-refractivity contribution is 0.331.